The van der Waals surface area contributed by atoms with Gasteiger partial charge in [0.05, 0.1) is 24.0 Å². The Hall–Kier alpha value is -0.580. The fourth-order valence-corrected chi connectivity index (χ4v) is 3.11. The van der Waals surface area contributed by atoms with Crippen LogP contribution in [0.15, 0.2) is 28.7 Å². The molecule has 1 aliphatic heterocycles. The highest BCUT2D eigenvalue weighted by Crippen LogP contribution is 2.22. The summed E-state index contributed by atoms with van der Waals surface area (Å²) in [4.78, 5) is 14.3. The molecule has 2 rings (SSSR count). The van der Waals surface area contributed by atoms with Crippen LogP contribution in [0.1, 0.15) is 19.4 Å². The highest BCUT2D eigenvalue weighted by Gasteiger charge is 2.35. The van der Waals surface area contributed by atoms with Crippen LogP contribution in [0, 0.1) is 0 Å². The predicted molar refractivity (Wildman–Crippen MR) is 84.1 cm³/mol. The van der Waals surface area contributed by atoms with Crippen LogP contribution in [0.25, 0.3) is 0 Å². The number of hydrogen-bond donors (Lipinski definition) is 0. The number of hydrogen-bond acceptors (Lipinski definition) is 2. The molecule has 0 aliphatic carbocycles. The van der Waals surface area contributed by atoms with Crippen molar-refractivity contribution < 1.29 is 9.53 Å². The zero-order valence-electron chi connectivity index (χ0n) is 11.7. The van der Waals surface area contributed by atoms with E-state index in [0.717, 1.165) is 10.0 Å². The van der Waals surface area contributed by atoms with Gasteiger partial charge < -0.3 is 9.64 Å². The molecule has 0 aromatic heterocycles. The van der Waals surface area contributed by atoms with Crippen molar-refractivity contribution in [1.82, 2.24) is 4.90 Å². The normalized spacial score (nSPS) is 21.8. The Labute approximate surface area is 133 Å². The van der Waals surface area contributed by atoms with Gasteiger partial charge in [0.1, 0.15) is 0 Å². The van der Waals surface area contributed by atoms with Crippen molar-refractivity contribution in [3.05, 3.63) is 34.3 Å². The van der Waals surface area contributed by atoms with Crippen LogP contribution in [0.4, 0.5) is 0 Å². The molecule has 1 fully saturated rings. The van der Waals surface area contributed by atoms with Gasteiger partial charge in [-0.15, -0.1) is 11.6 Å². The number of morpholine rings is 1. The molecule has 1 amide bonds. The lowest BCUT2D eigenvalue weighted by Gasteiger charge is -2.42. The first-order chi connectivity index (χ1) is 9.39. The topological polar surface area (TPSA) is 29.5 Å². The largest absolute Gasteiger partial charge is 0.367 e. The zero-order valence-corrected chi connectivity index (χ0v) is 14.1. The number of nitrogens with zero attached hydrogens (tertiary/aromatic N) is 1. The van der Waals surface area contributed by atoms with Gasteiger partial charge in [0.2, 0.25) is 5.91 Å². The van der Waals surface area contributed by atoms with E-state index in [9.17, 15) is 4.79 Å². The summed E-state index contributed by atoms with van der Waals surface area (Å²) in [6, 6.07) is 7.84. The quantitative estimate of drug-likeness (QED) is 0.775. The second-order valence-electron chi connectivity index (χ2n) is 5.73. The molecule has 0 radical (unpaired) electrons. The van der Waals surface area contributed by atoms with Crippen LogP contribution >= 0.6 is 27.5 Å². The van der Waals surface area contributed by atoms with Crippen molar-refractivity contribution in [2.45, 2.75) is 32.0 Å². The fourth-order valence-electron chi connectivity index (χ4n) is 2.50. The number of benzene rings is 1. The summed E-state index contributed by atoms with van der Waals surface area (Å²) < 4.78 is 6.83. The molecule has 1 atom stereocenters. The molecule has 0 bridgehead atoms. The van der Waals surface area contributed by atoms with E-state index in [1.165, 1.54) is 0 Å². The van der Waals surface area contributed by atoms with Gasteiger partial charge in [-0.05, 0) is 31.5 Å². The molecule has 0 saturated carbocycles. The van der Waals surface area contributed by atoms with E-state index in [1.807, 2.05) is 43.0 Å². The summed E-state index contributed by atoms with van der Waals surface area (Å²) >= 11 is 9.31. The minimum absolute atomic E-state index is 0.0909. The standard InChI is InChI=1S/C15H19BrClNO2/c1-15(2)10-18(9-13(8-17)20-15)14(19)7-11-4-3-5-12(16)6-11/h3-6,13H,7-10H2,1-2H3. The van der Waals surface area contributed by atoms with Crippen LogP contribution in [-0.2, 0) is 16.0 Å². The third-order valence-electron chi connectivity index (χ3n) is 3.25. The Balaban J connectivity index is 2.04. The first-order valence-corrected chi connectivity index (χ1v) is 7.98. The maximum Gasteiger partial charge on any atom is 0.227 e. The van der Waals surface area contributed by atoms with E-state index in [4.69, 9.17) is 16.3 Å². The molecule has 0 spiro atoms. The van der Waals surface area contributed by atoms with Gasteiger partial charge in [0.15, 0.2) is 0 Å². The lowest BCUT2D eigenvalue weighted by Crippen LogP contribution is -2.55. The van der Waals surface area contributed by atoms with Crippen LogP contribution in [0.2, 0.25) is 0 Å². The van der Waals surface area contributed by atoms with Crippen LogP contribution in [0.5, 0.6) is 0 Å². The molecule has 5 heteroatoms. The summed E-state index contributed by atoms with van der Waals surface area (Å²) in [7, 11) is 0. The van der Waals surface area contributed by atoms with Gasteiger partial charge in [-0.25, -0.2) is 0 Å². The Morgan fingerprint density at radius 1 is 1.55 bits per heavy atom. The summed E-state index contributed by atoms with van der Waals surface area (Å²) in [5.74, 6) is 0.527. The second-order valence-corrected chi connectivity index (χ2v) is 6.96. The van der Waals surface area contributed by atoms with Crippen molar-refractivity contribution in [1.29, 1.82) is 0 Å². The molecule has 20 heavy (non-hydrogen) atoms. The molecular weight excluding hydrogens is 342 g/mol. The van der Waals surface area contributed by atoms with E-state index < -0.39 is 0 Å². The Bertz CT molecular complexity index is 493. The number of alkyl halides is 1. The summed E-state index contributed by atoms with van der Waals surface area (Å²) in [6.07, 6.45) is 0.316. The molecule has 1 heterocycles. The monoisotopic (exact) mass is 359 g/mol. The molecule has 1 saturated heterocycles. The van der Waals surface area contributed by atoms with Gasteiger partial charge in [-0.2, -0.15) is 0 Å². The van der Waals surface area contributed by atoms with Gasteiger partial charge in [-0.3, -0.25) is 4.79 Å². The number of carbonyl (C=O) groups excluding carboxylic acids is 1. The Morgan fingerprint density at radius 2 is 2.30 bits per heavy atom. The smallest absolute Gasteiger partial charge is 0.227 e. The van der Waals surface area contributed by atoms with Crippen LogP contribution in [-0.4, -0.2) is 41.5 Å². The van der Waals surface area contributed by atoms with Crippen molar-refractivity contribution in [3.8, 4) is 0 Å². The maximum atomic E-state index is 12.4. The number of amides is 1. The van der Waals surface area contributed by atoms with E-state index in [1.54, 1.807) is 0 Å². The minimum Gasteiger partial charge on any atom is -0.367 e. The predicted octanol–water partition coefficient (Wildman–Crippen LogP) is 3.24. The first kappa shape index (κ1) is 15.8. The number of halogens is 2. The van der Waals surface area contributed by atoms with Crippen molar-refractivity contribution in [2.24, 2.45) is 0 Å². The lowest BCUT2D eigenvalue weighted by atomic mass is 10.0. The minimum atomic E-state index is -0.343. The average molecular weight is 361 g/mol. The Morgan fingerprint density at radius 3 is 2.95 bits per heavy atom. The fraction of sp³-hybridized carbons (Fsp3) is 0.533. The maximum absolute atomic E-state index is 12.4. The van der Waals surface area contributed by atoms with Gasteiger partial charge in [0, 0.05) is 17.6 Å². The first-order valence-electron chi connectivity index (χ1n) is 6.65. The SMILES string of the molecule is CC1(C)CN(C(=O)Cc2cccc(Br)c2)CC(CCl)O1. The Kier molecular flexibility index (Phi) is 5.10. The molecule has 110 valence electrons. The summed E-state index contributed by atoms with van der Waals surface area (Å²) in [5.41, 5.74) is 0.668. The molecule has 3 nitrogen and oxygen atoms in total. The zero-order chi connectivity index (χ0) is 14.8. The van der Waals surface area contributed by atoms with Crippen molar-refractivity contribution in [3.63, 3.8) is 0 Å². The summed E-state index contributed by atoms with van der Waals surface area (Å²) in [5, 5.41) is 0. The second kappa shape index (κ2) is 6.46. The van der Waals surface area contributed by atoms with Crippen molar-refractivity contribution in [2.75, 3.05) is 19.0 Å². The molecular formula is C15H19BrClNO2. The third-order valence-corrected chi connectivity index (χ3v) is 4.09. The van der Waals surface area contributed by atoms with Gasteiger partial charge in [0.25, 0.3) is 0 Å². The number of rotatable bonds is 3. The molecule has 1 unspecified atom stereocenters. The highest BCUT2D eigenvalue weighted by atomic mass is 79.9. The molecule has 0 N–H and O–H groups in total. The van der Waals surface area contributed by atoms with Crippen molar-refractivity contribution >= 4 is 33.4 Å². The number of ether oxygens (including phenoxy) is 1. The van der Waals surface area contributed by atoms with Crippen LogP contribution < -0.4 is 0 Å². The van der Waals surface area contributed by atoms with E-state index in [0.29, 0.717) is 25.4 Å². The third kappa shape index (κ3) is 4.21. The van der Waals surface area contributed by atoms with E-state index in [2.05, 4.69) is 15.9 Å². The average Bonchev–Trinajstić information content (AvgIpc) is 2.36. The molecule has 1 aliphatic rings. The number of carbonyl (C=O) groups is 1. The molecule has 1 aromatic rings. The highest BCUT2D eigenvalue weighted by molar-refractivity contribution is 9.10. The van der Waals surface area contributed by atoms with Crippen LogP contribution in [0.3, 0.4) is 0 Å². The van der Waals surface area contributed by atoms with Gasteiger partial charge >= 0.3 is 0 Å². The lowest BCUT2D eigenvalue weighted by molar-refractivity contribution is -0.156. The van der Waals surface area contributed by atoms with E-state index in [-0.39, 0.29) is 17.6 Å². The van der Waals surface area contributed by atoms with E-state index >= 15 is 0 Å². The summed E-state index contributed by atoms with van der Waals surface area (Å²) in [6.45, 7) is 5.16. The van der Waals surface area contributed by atoms with Gasteiger partial charge in [-0.1, -0.05) is 28.1 Å². The molecule has 1 aromatic carbocycles.